The third-order valence-electron chi connectivity index (χ3n) is 3.95. The van der Waals surface area contributed by atoms with Crippen LogP contribution in [0.15, 0.2) is 42.7 Å². The Morgan fingerprint density at radius 1 is 1.32 bits per heavy atom. The molecule has 3 aromatic rings. The Labute approximate surface area is 144 Å². The molecule has 1 aromatic carbocycles. The third-order valence-corrected chi connectivity index (χ3v) is 3.95. The molecule has 2 heterocycles. The summed E-state index contributed by atoms with van der Waals surface area (Å²) in [6.07, 6.45) is 6.29. The van der Waals surface area contributed by atoms with Crippen LogP contribution in [-0.2, 0) is 10.4 Å². The van der Waals surface area contributed by atoms with Crippen molar-refractivity contribution in [2.45, 2.75) is 19.4 Å². The number of fused-ring (bicyclic) bond motifs is 1. The summed E-state index contributed by atoms with van der Waals surface area (Å²) < 4.78 is 14.0. The minimum atomic E-state index is -1.29. The highest BCUT2D eigenvalue weighted by molar-refractivity contribution is 5.95. The van der Waals surface area contributed by atoms with Gasteiger partial charge in [0.05, 0.1) is 5.60 Å². The zero-order valence-corrected chi connectivity index (χ0v) is 13.9. The van der Waals surface area contributed by atoms with Crippen molar-refractivity contribution in [1.82, 2.24) is 9.97 Å². The summed E-state index contributed by atoms with van der Waals surface area (Å²) in [5.74, 6) is -0.996. The molecular weight excluding hydrogens is 321 g/mol. The van der Waals surface area contributed by atoms with Crippen LogP contribution in [0.2, 0.25) is 0 Å². The van der Waals surface area contributed by atoms with E-state index in [0.29, 0.717) is 5.65 Å². The van der Waals surface area contributed by atoms with Gasteiger partial charge in [-0.05, 0) is 43.7 Å². The molecule has 1 amide bonds. The molecular formula is C19H18FN3O2. The third kappa shape index (κ3) is 3.44. The molecule has 3 rings (SSSR count). The lowest BCUT2D eigenvalue weighted by molar-refractivity contribution is -0.113. The fourth-order valence-corrected chi connectivity index (χ4v) is 2.67. The molecule has 25 heavy (non-hydrogen) atoms. The van der Waals surface area contributed by atoms with Crippen LogP contribution in [0.1, 0.15) is 25.0 Å². The number of hydrogen-bond acceptors (Lipinski definition) is 3. The van der Waals surface area contributed by atoms with E-state index in [1.54, 1.807) is 30.6 Å². The second-order valence-electron chi connectivity index (χ2n) is 6.35. The van der Waals surface area contributed by atoms with E-state index in [9.17, 15) is 14.3 Å². The van der Waals surface area contributed by atoms with Gasteiger partial charge in [0, 0.05) is 40.5 Å². The second-order valence-corrected chi connectivity index (χ2v) is 6.35. The number of aliphatic hydroxyl groups is 1. The molecule has 0 atom stereocenters. The van der Waals surface area contributed by atoms with E-state index < -0.39 is 17.3 Å². The maximum absolute atomic E-state index is 14.0. The molecule has 0 saturated heterocycles. The predicted molar refractivity (Wildman–Crippen MR) is 95.0 cm³/mol. The Balaban J connectivity index is 2.11. The minimum Gasteiger partial charge on any atom is -0.386 e. The summed E-state index contributed by atoms with van der Waals surface area (Å²) in [5, 5.41) is 10.9. The molecule has 0 radical (unpaired) electrons. The number of nitrogens with two attached hydrogens (primary N) is 1. The molecule has 0 spiro atoms. The van der Waals surface area contributed by atoms with E-state index in [2.05, 4.69) is 9.97 Å². The number of nitrogens with one attached hydrogen (secondary N) is 1. The lowest BCUT2D eigenvalue weighted by Crippen LogP contribution is -2.17. The van der Waals surface area contributed by atoms with Gasteiger partial charge in [-0.15, -0.1) is 0 Å². The van der Waals surface area contributed by atoms with Gasteiger partial charge in [-0.2, -0.15) is 0 Å². The zero-order valence-electron chi connectivity index (χ0n) is 13.9. The SMILES string of the molecule is CC(C)(O)c1cc(-c2cnc3[nH]cc(C=CC(N)=O)c3c2)ccc1F. The van der Waals surface area contributed by atoms with Crippen LogP contribution in [0, 0.1) is 5.82 Å². The van der Waals surface area contributed by atoms with Crippen LogP contribution >= 0.6 is 0 Å². The van der Waals surface area contributed by atoms with Gasteiger partial charge in [-0.3, -0.25) is 4.79 Å². The summed E-state index contributed by atoms with van der Waals surface area (Å²) in [6.45, 7) is 3.07. The van der Waals surface area contributed by atoms with Gasteiger partial charge in [-0.25, -0.2) is 9.37 Å². The zero-order chi connectivity index (χ0) is 18.2. The van der Waals surface area contributed by atoms with E-state index in [1.165, 1.54) is 26.0 Å². The number of carbonyl (C=O) groups excluding carboxylic acids is 1. The van der Waals surface area contributed by atoms with Gasteiger partial charge in [0.25, 0.3) is 0 Å². The molecule has 0 bridgehead atoms. The lowest BCUT2D eigenvalue weighted by Gasteiger charge is -2.19. The number of hydrogen-bond donors (Lipinski definition) is 3. The first-order valence-electron chi connectivity index (χ1n) is 7.73. The summed E-state index contributed by atoms with van der Waals surface area (Å²) in [6, 6.07) is 6.47. The Bertz CT molecular complexity index is 984. The molecule has 2 aromatic heterocycles. The molecule has 4 N–H and O–H groups in total. The standard InChI is InChI=1S/C19H18FN3O2/c1-19(2,25)15-8-11(3-5-16(15)20)13-7-14-12(4-6-17(21)24)9-22-18(14)23-10-13/h3-10,25H,1-2H3,(H2,21,24)(H,22,23). The number of halogens is 1. The molecule has 0 aliphatic rings. The highest BCUT2D eigenvalue weighted by Gasteiger charge is 2.21. The van der Waals surface area contributed by atoms with E-state index >= 15 is 0 Å². The van der Waals surface area contributed by atoms with E-state index in [1.807, 2.05) is 6.07 Å². The summed E-state index contributed by atoms with van der Waals surface area (Å²) in [5.41, 5.74) is 7.00. The van der Waals surface area contributed by atoms with Crippen LogP contribution in [0.3, 0.4) is 0 Å². The van der Waals surface area contributed by atoms with Crippen molar-refractivity contribution in [2.75, 3.05) is 0 Å². The Hall–Kier alpha value is -2.99. The second kappa shape index (κ2) is 6.14. The first-order valence-corrected chi connectivity index (χ1v) is 7.73. The quantitative estimate of drug-likeness (QED) is 0.638. The molecule has 5 nitrogen and oxygen atoms in total. The number of benzene rings is 1. The van der Waals surface area contributed by atoms with Gasteiger partial charge >= 0.3 is 0 Å². The van der Waals surface area contributed by atoms with Crippen molar-refractivity contribution in [3.05, 3.63) is 59.7 Å². The van der Waals surface area contributed by atoms with E-state index in [0.717, 1.165) is 22.1 Å². The minimum absolute atomic E-state index is 0.216. The predicted octanol–water partition coefficient (Wildman–Crippen LogP) is 3.09. The number of carbonyl (C=O) groups is 1. The number of primary amides is 1. The van der Waals surface area contributed by atoms with Gasteiger partial charge in [0.2, 0.25) is 5.91 Å². The average Bonchev–Trinajstić information content (AvgIpc) is 2.94. The van der Waals surface area contributed by atoms with Crippen molar-refractivity contribution in [2.24, 2.45) is 5.73 Å². The highest BCUT2D eigenvalue weighted by atomic mass is 19.1. The number of amides is 1. The first kappa shape index (κ1) is 16.9. The number of H-pyrrole nitrogens is 1. The van der Waals surface area contributed by atoms with Crippen LogP contribution in [0.5, 0.6) is 0 Å². The van der Waals surface area contributed by atoms with Crippen LogP contribution < -0.4 is 5.73 Å². The van der Waals surface area contributed by atoms with Crippen molar-refractivity contribution in [3.8, 4) is 11.1 Å². The highest BCUT2D eigenvalue weighted by Crippen LogP contribution is 2.30. The number of aromatic nitrogens is 2. The number of rotatable bonds is 4. The molecule has 0 aliphatic carbocycles. The normalized spacial score (nSPS) is 12.2. The van der Waals surface area contributed by atoms with E-state index in [-0.39, 0.29) is 5.56 Å². The van der Waals surface area contributed by atoms with Gasteiger partial charge in [0.1, 0.15) is 11.5 Å². The summed E-state index contributed by atoms with van der Waals surface area (Å²) in [4.78, 5) is 18.3. The van der Waals surface area contributed by atoms with Crippen molar-refractivity contribution < 1.29 is 14.3 Å². The van der Waals surface area contributed by atoms with Gasteiger partial charge in [-0.1, -0.05) is 6.07 Å². The maximum atomic E-state index is 14.0. The largest absolute Gasteiger partial charge is 0.386 e. The number of nitrogens with zero attached hydrogens (tertiary/aromatic N) is 1. The summed E-state index contributed by atoms with van der Waals surface area (Å²) >= 11 is 0. The van der Waals surface area contributed by atoms with Crippen LogP contribution in [0.25, 0.3) is 28.2 Å². The van der Waals surface area contributed by atoms with Crippen molar-refractivity contribution in [3.63, 3.8) is 0 Å². The fraction of sp³-hybridized carbons (Fsp3) is 0.158. The molecule has 0 aliphatic heterocycles. The Kier molecular flexibility index (Phi) is 4.14. The monoisotopic (exact) mass is 339 g/mol. The molecule has 0 fully saturated rings. The maximum Gasteiger partial charge on any atom is 0.241 e. The van der Waals surface area contributed by atoms with E-state index in [4.69, 9.17) is 5.73 Å². The number of aromatic amines is 1. The average molecular weight is 339 g/mol. The van der Waals surface area contributed by atoms with Crippen molar-refractivity contribution in [1.29, 1.82) is 0 Å². The smallest absolute Gasteiger partial charge is 0.241 e. The van der Waals surface area contributed by atoms with Gasteiger partial charge in [0.15, 0.2) is 0 Å². The number of pyridine rings is 1. The fourth-order valence-electron chi connectivity index (χ4n) is 2.67. The molecule has 0 unspecified atom stereocenters. The van der Waals surface area contributed by atoms with Gasteiger partial charge < -0.3 is 15.8 Å². The van der Waals surface area contributed by atoms with Crippen LogP contribution in [-0.4, -0.2) is 21.0 Å². The topological polar surface area (TPSA) is 92.0 Å². The molecule has 128 valence electrons. The summed E-state index contributed by atoms with van der Waals surface area (Å²) in [7, 11) is 0. The Morgan fingerprint density at radius 2 is 2.08 bits per heavy atom. The van der Waals surface area contributed by atoms with Crippen LogP contribution in [0.4, 0.5) is 4.39 Å². The Morgan fingerprint density at radius 3 is 2.76 bits per heavy atom. The molecule has 0 saturated carbocycles. The first-order chi connectivity index (χ1) is 11.8. The van der Waals surface area contributed by atoms with Crippen molar-refractivity contribution >= 4 is 23.0 Å². The molecule has 6 heteroatoms. The lowest BCUT2D eigenvalue weighted by atomic mass is 9.94.